The van der Waals surface area contributed by atoms with Gasteiger partial charge in [0.05, 0.1) is 0 Å². The number of hydrogen-bond acceptors (Lipinski definition) is 1. The molecule has 0 aliphatic carbocycles. The molecule has 2 aromatic carbocycles. The van der Waals surface area contributed by atoms with E-state index in [4.69, 9.17) is 5.73 Å². The molecule has 2 rings (SSSR count). The highest BCUT2D eigenvalue weighted by Gasteiger charge is 2.07. The first-order valence-corrected chi connectivity index (χ1v) is 7.08. The highest BCUT2D eigenvalue weighted by Crippen LogP contribution is 2.23. The molecule has 0 amide bonds. The third-order valence-electron chi connectivity index (χ3n) is 3.50. The second-order valence-corrected chi connectivity index (χ2v) is 5.57. The van der Waals surface area contributed by atoms with E-state index in [2.05, 4.69) is 62.4 Å². The average molecular weight is 290 g/mol. The van der Waals surface area contributed by atoms with Crippen molar-refractivity contribution in [3.8, 4) is 11.1 Å². The Kier molecular flexibility index (Phi) is 6.77. The lowest BCUT2D eigenvalue weighted by molar-refractivity contribution is 0.507. The zero-order chi connectivity index (χ0) is 13.7. The molecule has 2 heteroatoms. The smallest absolute Gasteiger partial charge is 0.0294 e. The number of nitrogens with two attached hydrogens (primary N) is 1. The van der Waals surface area contributed by atoms with Crippen LogP contribution in [0.1, 0.15) is 38.3 Å². The Hall–Kier alpha value is -1.31. The highest BCUT2D eigenvalue weighted by molar-refractivity contribution is 5.85. The van der Waals surface area contributed by atoms with E-state index in [-0.39, 0.29) is 18.4 Å². The van der Waals surface area contributed by atoms with Crippen molar-refractivity contribution in [2.45, 2.75) is 32.7 Å². The van der Waals surface area contributed by atoms with Gasteiger partial charge in [0.2, 0.25) is 0 Å². The van der Waals surface area contributed by atoms with Crippen LogP contribution in [0.25, 0.3) is 11.1 Å². The van der Waals surface area contributed by atoms with Crippen molar-refractivity contribution in [2.24, 2.45) is 11.7 Å². The summed E-state index contributed by atoms with van der Waals surface area (Å²) >= 11 is 0. The molecule has 0 aliphatic heterocycles. The lowest BCUT2D eigenvalue weighted by Crippen LogP contribution is -2.11. The second kappa shape index (κ2) is 8.08. The Balaban J connectivity index is 0.00000200. The van der Waals surface area contributed by atoms with E-state index in [0.717, 1.165) is 12.3 Å². The van der Waals surface area contributed by atoms with Crippen molar-refractivity contribution in [2.75, 3.05) is 0 Å². The van der Waals surface area contributed by atoms with Gasteiger partial charge in [-0.05, 0) is 35.4 Å². The van der Waals surface area contributed by atoms with Gasteiger partial charge in [-0.25, -0.2) is 0 Å². The summed E-state index contributed by atoms with van der Waals surface area (Å²) in [5.74, 6) is 0.717. The summed E-state index contributed by atoms with van der Waals surface area (Å²) in [6.07, 6.45) is 2.24. The van der Waals surface area contributed by atoms with E-state index < -0.39 is 0 Å². The number of rotatable bonds is 5. The van der Waals surface area contributed by atoms with Gasteiger partial charge in [0.25, 0.3) is 0 Å². The molecule has 0 aliphatic rings. The molecular formula is C18H24ClN. The lowest BCUT2D eigenvalue weighted by Gasteiger charge is -2.14. The van der Waals surface area contributed by atoms with Crippen LogP contribution in [0.4, 0.5) is 0 Å². The summed E-state index contributed by atoms with van der Waals surface area (Å²) in [6.45, 7) is 4.48. The summed E-state index contributed by atoms with van der Waals surface area (Å²) in [4.78, 5) is 0. The first-order chi connectivity index (χ1) is 9.16. The fraction of sp³-hybridized carbons (Fsp3) is 0.333. The minimum absolute atomic E-state index is 0. The van der Waals surface area contributed by atoms with Crippen LogP contribution in [0, 0.1) is 5.92 Å². The Morgan fingerprint density at radius 2 is 1.35 bits per heavy atom. The van der Waals surface area contributed by atoms with Crippen molar-refractivity contribution in [3.05, 3.63) is 60.2 Å². The monoisotopic (exact) mass is 289 g/mol. The van der Waals surface area contributed by atoms with Gasteiger partial charge < -0.3 is 5.73 Å². The molecule has 2 N–H and O–H groups in total. The normalized spacial score (nSPS) is 12.0. The molecular weight excluding hydrogens is 266 g/mol. The quantitative estimate of drug-likeness (QED) is 0.803. The molecule has 0 radical (unpaired) electrons. The Morgan fingerprint density at radius 3 is 1.90 bits per heavy atom. The lowest BCUT2D eigenvalue weighted by atomic mass is 9.96. The summed E-state index contributed by atoms with van der Waals surface area (Å²) in [7, 11) is 0. The van der Waals surface area contributed by atoms with Crippen molar-refractivity contribution in [1.29, 1.82) is 0 Å². The predicted molar refractivity (Wildman–Crippen MR) is 90.1 cm³/mol. The summed E-state index contributed by atoms with van der Waals surface area (Å²) in [6, 6.07) is 19.3. The van der Waals surface area contributed by atoms with Gasteiger partial charge in [-0.1, -0.05) is 68.4 Å². The maximum Gasteiger partial charge on any atom is 0.0294 e. The van der Waals surface area contributed by atoms with Crippen LogP contribution in [0.15, 0.2) is 54.6 Å². The zero-order valence-electron chi connectivity index (χ0n) is 12.3. The van der Waals surface area contributed by atoms with E-state index in [1.807, 2.05) is 6.07 Å². The van der Waals surface area contributed by atoms with Gasteiger partial charge >= 0.3 is 0 Å². The molecule has 1 nitrogen and oxygen atoms in total. The van der Waals surface area contributed by atoms with Crippen molar-refractivity contribution < 1.29 is 0 Å². The molecule has 0 heterocycles. The Morgan fingerprint density at radius 1 is 0.800 bits per heavy atom. The van der Waals surface area contributed by atoms with Crippen LogP contribution in [0.2, 0.25) is 0 Å². The molecule has 0 saturated heterocycles. The fourth-order valence-electron chi connectivity index (χ4n) is 2.23. The summed E-state index contributed by atoms with van der Waals surface area (Å²) < 4.78 is 0. The fourth-order valence-corrected chi connectivity index (χ4v) is 2.23. The van der Waals surface area contributed by atoms with Gasteiger partial charge in [-0.2, -0.15) is 0 Å². The topological polar surface area (TPSA) is 26.0 Å². The van der Waals surface area contributed by atoms with Crippen LogP contribution < -0.4 is 5.73 Å². The molecule has 0 unspecified atom stereocenters. The third kappa shape index (κ3) is 4.66. The minimum Gasteiger partial charge on any atom is -0.324 e. The SMILES string of the molecule is CC(C)CC[C@H](N)c1ccc(-c2ccccc2)cc1.Cl. The van der Waals surface area contributed by atoms with E-state index in [1.165, 1.54) is 23.1 Å². The second-order valence-electron chi connectivity index (χ2n) is 5.57. The predicted octanol–water partition coefficient (Wildman–Crippen LogP) is 5.21. The zero-order valence-corrected chi connectivity index (χ0v) is 13.1. The molecule has 0 bridgehead atoms. The molecule has 0 fully saturated rings. The van der Waals surface area contributed by atoms with Crippen molar-refractivity contribution >= 4 is 12.4 Å². The van der Waals surface area contributed by atoms with Gasteiger partial charge in [0.15, 0.2) is 0 Å². The van der Waals surface area contributed by atoms with Gasteiger partial charge in [0, 0.05) is 6.04 Å². The molecule has 20 heavy (non-hydrogen) atoms. The van der Waals surface area contributed by atoms with Crippen LogP contribution in [0.5, 0.6) is 0 Å². The maximum absolute atomic E-state index is 6.23. The Bertz CT molecular complexity index is 491. The van der Waals surface area contributed by atoms with Crippen LogP contribution in [-0.2, 0) is 0 Å². The molecule has 0 spiro atoms. The summed E-state index contributed by atoms with van der Waals surface area (Å²) in [5, 5.41) is 0. The molecule has 0 aromatic heterocycles. The standard InChI is InChI=1S/C18H23N.ClH/c1-14(2)8-13-18(19)17-11-9-16(10-12-17)15-6-4-3-5-7-15;/h3-7,9-12,14,18H,8,13,19H2,1-2H3;1H/t18-;/m0./s1. The van der Waals surface area contributed by atoms with Gasteiger partial charge in [0.1, 0.15) is 0 Å². The average Bonchev–Trinajstić information content (AvgIpc) is 2.46. The number of halogens is 1. The molecule has 108 valence electrons. The van der Waals surface area contributed by atoms with E-state index in [9.17, 15) is 0 Å². The third-order valence-corrected chi connectivity index (χ3v) is 3.50. The first-order valence-electron chi connectivity index (χ1n) is 7.08. The Labute approximate surface area is 128 Å². The van der Waals surface area contributed by atoms with Crippen molar-refractivity contribution in [1.82, 2.24) is 0 Å². The molecule has 0 saturated carbocycles. The van der Waals surface area contributed by atoms with E-state index in [1.54, 1.807) is 0 Å². The molecule has 1 atom stereocenters. The highest BCUT2D eigenvalue weighted by atomic mass is 35.5. The molecule has 2 aromatic rings. The van der Waals surface area contributed by atoms with Crippen molar-refractivity contribution in [3.63, 3.8) is 0 Å². The first kappa shape index (κ1) is 16.7. The van der Waals surface area contributed by atoms with Crippen LogP contribution in [-0.4, -0.2) is 0 Å². The van der Waals surface area contributed by atoms with Gasteiger partial charge in [-0.3, -0.25) is 0 Å². The summed E-state index contributed by atoms with van der Waals surface area (Å²) in [5.41, 5.74) is 9.97. The van der Waals surface area contributed by atoms with Crippen LogP contribution >= 0.6 is 12.4 Å². The van der Waals surface area contributed by atoms with Crippen LogP contribution in [0.3, 0.4) is 0 Å². The number of benzene rings is 2. The van der Waals surface area contributed by atoms with E-state index >= 15 is 0 Å². The minimum atomic E-state index is 0. The largest absolute Gasteiger partial charge is 0.324 e. The maximum atomic E-state index is 6.23. The van der Waals surface area contributed by atoms with E-state index in [0.29, 0.717) is 0 Å². The number of hydrogen-bond donors (Lipinski definition) is 1. The van der Waals surface area contributed by atoms with Gasteiger partial charge in [-0.15, -0.1) is 12.4 Å².